The highest BCUT2D eigenvalue weighted by Crippen LogP contribution is 2.27. The van der Waals surface area contributed by atoms with Crippen molar-refractivity contribution in [2.45, 2.75) is 13.8 Å². The Labute approximate surface area is 160 Å². The van der Waals surface area contributed by atoms with Crippen molar-refractivity contribution in [1.29, 1.82) is 5.26 Å². The average Bonchev–Trinajstić information content (AvgIpc) is 2.65. The molecule has 2 aromatic carbocycles. The van der Waals surface area contributed by atoms with Crippen molar-refractivity contribution in [3.05, 3.63) is 46.9 Å². The topological polar surface area (TPSA) is 93.4 Å². The number of aliphatic hydroxyl groups excluding tert-OH is 1. The van der Waals surface area contributed by atoms with Gasteiger partial charge in [0.25, 0.3) is 10.0 Å². The maximum absolute atomic E-state index is 12.5. The minimum absolute atomic E-state index is 0.0718. The van der Waals surface area contributed by atoms with E-state index in [2.05, 4.69) is 10.8 Å². The molecule has 0 heterocycles. The highest BCUT2D eigenvalue weighted by atomic mass is 32.2. The predicted octanol–water partition coefficient (Wildman–Crippen LogP) is 2.71. The van der Waals surface area contributed by atoms with Gasteiger partial charge in [0.15, 0.2) is 4.91 Å². The number of anilines is 1. The molecule has 0 fully saturated rings. The van der Waals surface area contributed by atoms with Crippen LogP contribution in [0.5, 0.6) is 0 Å². The highest BCUT2D eigenvalue weighted by Gasteiger charge is 2.21. The Kier molecular flexibility index (Phi) is 6.60. The van der Waals surface area contributed by atoms with Gasteiger partial charge in [0.05, 0.1) is 0 Å². The molecule has 0 aromatic heterocycles. The normalized spacial score (nSPS) is 13.8. The molecule has 0 aliphatic heterocycles. The lowest BCUT2D eigenvalue weighted by Gasteiger charge is -2.14. The molecular weight excluding hydrogens is 362 g/mol. The second kappa shape index (κ2) is 8.53. The molecule has 0 bridgehead atoms. The van der Waals surface area contributed by atoms with E-state index < -0.39 is 10.0 Å². The first-order valence-corrected chi connectivity index (χ1v) is 10.1. The minimum Gasteiger partial charge on any atom is -0.396 e. The maximum Gasteiger partial charge on any atom is 0.251 e. The van der Waals surface area contributed by atoms with Crippen LogP contribution < -0.4 is 9.62 Å². The molecule has 6 nitrogen and oxygen atoms in total. The molecule has 1 unspecified atom stereocenters. The quantitative estimate of drug-likeness (QED) is 0.713. The number of aliphatic hydroxyl groups is 1. The summed E-state index contributed by atoms with van der Waals surface area (Å²) in [5.41, 5.74) is 2.14. The molecule has 7 heteroatoms. The Balaban J connectivity index is 2.44. The molecule has 144 valence electrons. The lowest BCUT2D eigenvalue weighted by Crippen LogP contribution is -2.30. The first-order valence-electron chi connectivity index (χ1n) is 8.62. The van der Waals surface area contributed by atoms with Crippen LogP contribution in [0.25, 0.3) is 16.3 Å². The zero-order chi connectivity index (χ0) is 20.2. The molecule has 0 saturated heterocycles. The number of nitrogens with one attached hydrogen (secondary N) is 1. The zero-order valence-corrected chi connectivity index (χ0v) is 16.8. The SMILES string of the molecule is C/C(=C(/C#N)S(=O)(=O)NCC(C)CO)c1ccc2cc(N(C)C)ccc2c1. The van der Waals surface area contributed by atoms with Crippen LogP contribution in [0.2, 0.25) is 0 Å². The molecule has 0 amide bonds. The third kappa shape index (κ3) is 4.86. The fourth-order valence-electron chi connectivity index (χ4n) is 2.61. The van der Waals surface area contributed by atoms with Crippen LogP contribution in [0.4, 0.5) is 5.69 Å². The molecule has 0 aliphatic carbocycles. The van der Waals surface area contributed by atoms with E-state index >= 15 is 0 Å². The molecule has 2 N–H and O–H groups in total. The molecule has 0 radical (unpaired) electrons. The van der Waals surface area contributed by atoms with E-state index in [0.717, 1.165) is 16.5 Å². The van der Waals surface area contributed by atoms with Gasteiger partial charge >= 0.3 is 0 Å². The first kappa shape index (κ1) is 20.9. The largest absolute Gasteiger partial charge is 0.396 e. The van der Waals surface area contributed by atoms with E-state index in [1.54, 1.807) is 13.8 Å². The summed E-state index contributed by atoms with van der Waals surface area (Å²) < 4.78 is 27.4. The smallest absolute Gasteiger partial charge is 0.251 e. The minimum atomic E-state index is -3.95. The molecule has 2 aromatic rings. The number of sulfonamides is 1. The Hall–Kier alpha value is -2.40. The van der Waals surface area contributed by atoms with E-state index in [1.807, 2.05) is 55.4 Å². The van der Waals surface area contributed by atoms with Gasteiger partial charge < -0.3 is 10.0 Å². The number of allylic oxidation sites excluding steroid dienone is 2. The van der Waals surface area contributed by atoms with Crippen molar-refractivity contribution in [3.8, 4) is 6.07 Å². The van der Waals surface area contributed by atoms with Crippen LogP contribution in [0, 0.1) is 17.2 Å². The summed E-state index contributed by atoms with van der Waals surface area (Å²) in [7, 11) is -0.00673. The van der Waals surface area contributed by atoms with Crippen molar-refractivity contribution in [2.75, 3.05) is 32.1 Å². The van der Waals surface area contributed by atoms with E-state index in [1.165, 1.54) is 0 Å². The van der Waals surface area contributed by atoms with Gasteiger partial charge in [-0.15, -0.1) is 0 Å². The maximum atomic E-state index is 12.5. The Morgan fingerprint density at radius 3 is 2.44 bits per heavy atom. The van der Waals surface area contributed by atoms with E-state index in [9.17, 15) is 13.7 Å². The van der Waals surface area contributed by atoms with E-state index in [4.69, 9.17) is 5.11 Å². The number of fused-ring (bicyclic) bond motifs is 1. The number of benzene rings is 2. The summed E-state index contributed by atoms with van der Waals surface area (Å²) >= 11 is 0. The van der Waals surface area contributed by atoms with Gasteiger partial charge in [-0.3, -0.25) is 0 Å². The molecule has 0 spiro atoms. The Bertz CT molecular complexity index is 1000. The average molecular weight is 388 g/mol. The molecular formula is C20H25N3O3S. The van der Waals surface area contributed by atoms with Crippen LogP contribution in [0.1, 0.15) is 19.4 Å². The second-order valence-corrected chi connectivity index (χ2v) is 8.55. The highest BCUT2D eigenvalue weighted by molar-refractivity contribution is 7.93. The summed E-state index contributed by atoms with van der Waals surface area (Å²) in [6.07, 6.45) is 0. The summed E-state index contributed by atoms with van der Waals surface area (Å²) in [6.45, 7) is 3.29. The molecule has 27 heavy (non-hydrogen) atoms. The van der Waals surface area contributed by atoms with Gasteiger partial charge in [-0.1, -0.05) is 25.1 Å². The second-order valence-electron chi connectivity index (χ2n) is 6.85. The van der Waals surface area contributed by atoms with Gasteiger partial charge in [-0.25, -0.2) is 13.1 Å². The first-order chi connectivity index (χ1) is 12.7. The number of nitriles is 1. The number of nitrogens with zero attached hydrogens (tertiary/aromatic N) is 2. The molecule has 2 rings (SSSR count). The van der Waals surface area contributed by atoms with E-state index in [0.29, 0.717) is 11.1 Å². The van der Waals surface area contributed by atoms with Crippen molar-refractivity contribution in [2.24, 2.45) is 5.92 Å². The molecule has 0 aliphatic rings. The van der Waals surface area contributed by atoms with E-state index in [-0.39, 0.29) is 24.0 Å². The van der Waals surface area contributed by atoms with Crippen LogP contribution in [0.3, 0.4) is 0 Å². The van der Waals surface area contributed by atoms with Gasteiger partial charge in [0, 0.05) is 32.9 Å². The van der Waals surface area contributed by atoms with Gasteiger partial charge in [0.1, 0.15) is 6.07 Å². The third-order valence-electron chi connectivity index (χ3n) is 4.42. The standard InChI is InChI=1S/C20H25N3O3S/c1-14(13-24)12-22-27(25,26)20(11-21)15(2)16-5-6-18-10-19(23(3)4)8-7-17(18)9-16/h5-10,14,22,24H,12-13H2,1-4H3/b20-15+. The van der Waals surface area contributed by atoms with Crippen molar-refractivity contribution >= 4 is 32.1 Å². The van der Waals surface area contributed by atoms with Gasteiger partial charge in [-0.2, -0.15) is 5.26 Å². The number of rotatable bonds is 7. The predicted molar refractivity (Wildman–Crippen MR) is 110 cm³/mol. The monoisotopic (exact) mass is 387 g/mol. The van der Waals surface area contributed by atoms with Gasteiger partial charge in [-0.05, 0) is 52.9 Å². The molecule has 0 saturated carbocycles. The number of hydrogen-bond donors (Lipinski definition) is 2. The zero-order valence-electron chi connectivity index (χ0n) is 16.0. The third-order valence-corrected chi connectivity index (χ3v) is 5.90. The van der Waals surface area contributed by atoms with Crippen LogP contribution in [-0.4, -0.2) is 40.8 Å². The fourth-order valence-corrected chi connectivity index (χ4v) is 3.90. The van der Waals surface area contributed by atoms with Crippen molar-refractivity contribution in [1.82, 2.24) is 4.72 Å². The Morgan fingerprint density at radius 2 is 1.85 bits per heavy atom. The molecule has 1 atom stereocenters. The summed E-state index contributed by atoms with van der Waals surface area (Å²) in [6, 6.07) is 13.5. The lowest BCUT2D eigenvalue weighted by molar-refractivity contribution is 0.239. The van der Waals surface area contributed by atoms with Gasteiger partial charge in [0.2, 0.25) is 0 Å². The number of hydrogen-bond acceptors (Lipinski definition) is 5. The summed E-state index contributed by atoms with van der Waals surface area (Å²) in [5, 5.41) is 20.5. The lowest BCUT2D eigenvalue weighted by atomic mass is 10.0. The van der Waals surface area contributed by atoms with Crippen molar-refractivity contribution < 1.29 is 13.5 Å². The van der Waals surface area contributed by atoms with Crippen molar-refractivity contribution in [3.63, 3.8) is 0 Å². The van der Waals surface area contributed by atoms with Crippen LogP contribution >= 0.6 is 0 Å². The summed E-state index contributed by atoms with van der Waals surface area (Å²) in [4.78, 5) is 1.70. The van der Waals surface area contributed by atoms with Crippen LogP contribution in [0.15, 0.2) is 41.3 Å². The Morgan fingerprint density at radius 1 is 1.22 bits per heavy atom. The fraction of sp³-hybridized carbons (Fsp3) is 0.350. The summed E-state index contributed by atoms with van der Waals surface area (Å²) in [5.74, 6) is -0.230. The van der Waals surface area contributed by atoms with Crippen LogP contribution in [-0.2, 0) is 10.0 Å².